The zero-order chi connectivity index (χ0) is 11.7. The molecule has 2 rings (SSSR count). The van der Waals surface area contributed by atoms with Crippen LogP contribution < -0.4 is 11.3 Å². The molecule has 4 nitrogen and oxygen atoms in total. The number of rotatable bonds is 1. The minimum atomic E-state index is 0.379. The summed E-state index contributed by atoms with van der Waals surface area (Å²) in [4.78, 5) is 4.18. The van der Waals surface area contributed by atoms with E-state index in [9.17, 15) is 0 Å². The number of benzene rings is 1. The van der Waals surface area contributed by atoms with Crippen LogP contribution in [-0.2, 0) is 0 Å². The molecule has 1 heterocycles. The van der Waals surface area contributed by atoms with E-state index in [1.165, 1.54) is 6.20 Å². The molecule has 1 aromatic carbocycles. The van der Waals surface area contributed by atoms with E-state index in [1.54, 1.807) is 12.1 Å². The third-order valence-electron chi connectivity index (χ3n) is 2.15. The van der Waals surface area contributed by atoms with Crippen LogP contribution in [0.3, 0.4) is 0 Å². The lowest BCUT2D eigenvalue weighted by molar-refractivity contribution is 1.30. The molecule has 6 heteroatoms. The number of aromatic nitrogens is 1. The van der Waals surface area contributed by atoms with E-state index < -0.39 is 0 Å². The predicted molar refractivity (Wildman–Crippen MR) is 67.0 cm³/mol. The molecule has 0 saturated carbocycles. The number of pyridine rings is 1. The highest BCUT2D eigenvalue weighted by Crippen LogP contribution is 2.32. The first-order valence-corrected chi connectivity index (χ1v) is 5.49. The normalized spacial score (nSPS) is 10.1. The molecule has 3 N–H and O–H groups in total. The Morgan fingerprint density at radius 3 is 2.88 bits per heavy atom. The topological polar surface area (TPSA) is 74.7 Å². The average Bonchev–Trinajstić information content (AvgIpc) is 2.27. The zero-order valence-corrected chi connectivity index (χ0v) is 10.3. The summed E-state index contributed by atoms with van der Waals surface area (Å²) in [7, 11) is 0. The molecular weight excluding hydrogens is 291 g/mol. The van der Waals surface area contributed by atoms with E-state index in [4.69, 9.17) is 22.7 Å². The van der Waals surface area contributed by atoms with Gasteiger partial charge in [-0.1, -0.05) is 11.6 Å². The summed E-state index contributed by atoms with van der Waals surface area (Å²) in [6.45, 7) is 0. The number of nitrogens with zero attached hydrogens (tertiary/aromatic N) is 2. The summed E-state index contributed by atoms with van der Waals surface area (Å²) in [5, 5.41) is 10.2. The molecule has 0 atom stereocenters. The molecule has 0 aliphatic heterocycles. The van der Waals surface area contributed by atoms with E-state index >= 15 is 0 Å². The van der Waals surface area contributed by atoms with E-state index in [1.807, 2.05) is 6.07 Å². The van der Waals surface area contributed by atoms with Crippen molar-refractivity contribution in [1.82, 2.24) is 4.98 Å². The van der Waals surface area contributed by atoms with Crippen LogP contribution in [0.1, 0.15) is 5.56 Å². The van der Waals surface area contributed by atoms with Crippen molar-refractivity contribution in [3.05, 3.63) is 33.4 Å². The number of hydrogen-bond acceptors (Lipinski definition) is 4. The second-order valence-electron chi connectivity index (χ2n) is 3.09. The third-order valence-corrected chi connectivity index (χ3v) is 2.98. The molecule has 0 fully saturated rings. The van der Waals surface area contributed by atoms with Gasteiger partial charge in [0.1, 0.15) is 6.07 Å². The fraction of sp³-hybridized carbons (Fsp3) is 0. The number of anilines is 1. The van der Waals surface area contributed by atoms with Gasteiger partial charge in [-0.25, -0.2) is 0 Å². The Bertz CT molecular complexity index is 606. The third kappa shape index (κ3) is 1.71. The number of halogens is 2. The Balaban J connectivity index is 2.93. The fourth-order valence-corrected chi connectivity index (χ4v) is 2.38. The summed E-state index contributed by atoms with van der Waals surface area (Å²) in [5.74, 6) is 5.41. The van der Waals surface area contributed by atoms with Crippen LogP contribution >= 0.6 is 27.5 Å². The quantitative estimate of drug-likeness (QED) is 0.627. The lowest BCUT2D eigenvalue weighted by Crippen LogP contribution is -2.09. The molecular formula is C10H6BrClN4. The van der Waals surface area contributed by atoms with Gasteiger partial charge in [-0.15, -0.1) is 0 Å². The maximum Gasteiger partial charge on any atom is 0.103 e. The summed E-state index contributed by atoms with van der Waals surface area (Å²) in [5.41, 5.74) is 4.11. The van der Waals surface area contributed by atoms with Gasteiger partial charge in [0.05, 0.1) is 16.8 Å². The standard InChI is InChI=1S/C10H6BrClN4/c11-8-2-6(12)1-7-9(16-14)5(3-13)4-15-10(7)8/h1-2,4H,14H2,(H,15,16). The first-order valence-electron chi connectivity index (χ1n) is 4.32. The van der Waals surface area contributed by atoms with Gasteiger partial charge in [-0.05, 0) is 28.1 Å². The Kier molecular flexibility index (Phi) is 2.97. The fourth-order valence-electron chi connectivity index (χ4n) is 1.47. The molecule has 0 aliphatic carbocycles. The second kappa shape index (κ2) is 4.26. The smallest absolute Gasteiger partial charge is 0.103 e. The van der Waals surface area contributed by atoms with Crippen molar-refractivity contribution in [1.29, 1.82) is 5.26 Å². The number of nitriles is 1. The molecule has 2 aromatic rings. The maximum atomic E-state index is 8.92. The van der Waals surface area contributed by atoms with Crippen molar-refractivity contribution in [2.45, 2.75) is 0 Å². The highest BCUT2D eigenvalue weighted by atomic mass is 79.9. The van der Waals surface area contributed by atoms with Crippen LogP contribution in [0.5, 0.6) is 0 Å². The zero-order valence-electron chi connectivity index (χ0n) is 7.96. The van der Waals surface area contributed by atoms with E-state index in [-0.39, 0.29) is 0 Å². The Hall–Kier alpha value is -1.35. The predicted octanol–water partition coefficient (Wildman–Crippen LogP) is 2.81. The summed E-state index contributed by atoms with van der Waals surface area (Å²) in [6, 6.07) is 5.47. The molecule has 0 saturated heterocycles. The molecule has 1 aromatic heterocycles. The van der Waals surface area contributed by atoms with Crippen LogP contribution in [0.4, 0.5) is 5.69 Å². The van der Waals surface area contributed by atoms with Crippen LogP contribution in [0, 0.1) is 11.3 Å². The molecule has 0 radical (unpaired) electrons. The number of nitrogens with two attached hydrogens (primary N) is 1. The first kappa shape index (κ1) is 11.1. The van der Waals surface area contributed by atoms with Crippen LogP contribution in [0.2, 0.25) is 5.02 Å². The van der Waals surface area contributed by atoms with Crippen molar-refractivity contribution in [2.75, 3.05) is 5.43 Å². The highest BCUT2D eigenvalue weighted by Gasteiger charge is 2.10. The minimum absolute atomic E-state index is 0.379. The minimum Gasteiger partial charge on any atom is -0.322 e. The number of fused-ring (bicyclic) bond motifs is 1. The van der Waals surface area contributed by atoms with Gasteiger partial charge in [-0.3, -0.25) is 10.8 Å². The van der Waals surface area contributed by atoms with Gasteiger partial charge in [0.15, 0.2) is 0 Å². The van der Waals surface area contributed by atoms with E-state index in [2.05, 4.69) is 26.3 Å². The van der Waals surface area contributed by atoms with E-state index in [0.29, 0.717) is 27.2 Å². The molecule has 0 spiro atoms. The summed E-state index contributed by atoms with van der Waals surface area (Å²) < 4.78 is 0.760. The van der Waals surface area contributed by atoms with Crippen LogP contribution in [-0.4, -0.2) is 4.98 Å². The van der Waals surface area contributed by atoms with Crippen LogP contribution in [0.15, 0.2) is 22.8 Å². The van der Waals surface area contributed by atoms with Crippen LogP contribution in [0.25, 0.3) is 10.9 Å². The largest absolute Gasteiger partial charge is 0.322 e. The molecule has 0 amide bonds. The summed E-state index contributed by atoms with van der Waals surface area (Å²) in [6.07, 6.45) is 1.47. The molecule has 0 unspecified atom stereocenters. The van der Waals surface area contributed by atoms with Crippen molar-refractivity contribution in [3.63, 3.8) is 0 Å². The Labute approximate surface area is 105 Å². The monoisotopic (exact) mass is 296 g/mol. The van der Waals surface area contributed by atoms with Crippen molar-refractivity contribution in [3.8, 4) is 6.07 Å². The lowest BCUT2D eigenvalue weighted by atomic mass is 10.1. The summed E-state index contributed by atoms with van der Waals surface area (Å²) >= 11 is 9.30. The van der Waals surface area contributed by atoms with E-state index in [0.717, 1.165) is 4.47 Å². The molecule has 0 bridgehead atoms. The first-order chi connectivity index (χ1) is 7.67. The van der Waals surface area contributed by atoms with Gasteiger partial charge in [0, 0.05) is 21.1 Å². The number of hydrazine groups is 1. The Morgan fingerprint density at radius 1 is 1.50 bits per heavy atom. The number of nitrogens with one attached hydrogen (secondary N) is 1. The number of nitrogen functional groups attached to an aromatic ring is 1. The van der Waals surface area contributed by atoms with Gasteiger partial charge in [0.2, 0.25) is 0 Å². The van der Waals surface area contributed by atoms with Gasteiger partial charge < -0.3 is 5.43 Å². The Morgan fingerprint density at radius 2 is 2.25 bits per heavy atom. The maximum absolute atomic E-state index is 8.92. The second-order valence-corrected chi connectivity index (χ2v) is 4.38. The molecule has 16 heavy (non-hydrogen) atoms. The van der Waals surface area contributed by atoms with Crippen molar-refractivity contribution >= 4 is 44.1 Å². The van der Waals surface area contributed by atoms with Gasteiger partial charge in [-0.2, -0.15) is 5.26 Å². The van der Waals surface area contributed by atoms with Gasteiger partial charge in [0.25, 0.3) is 0 Å². The van der Waals surface area contributed by atoms with Crippen molar-refractivity contribution < 1.29 is 0 Å². The van der Waals surface area contributed by atoms with Crippen molar-refractivity contribution in [2.24, 2.45) is 5.84 Å². The highest BCUT2D eigenvalue weighted by molar-refractivity contribution is 9.10. The molecule has 80 valence electrons. The number of hydrogen-bond donors (Lipinski definition) is 2. The van der Waals surface area contributed by atoms with Gasteiger partial charge >= 0.3 is 0 Å². The molecule has 0 aliphatic rings. The average molecular weight is 298 g/mol. The lowest BCUT2D eigenvalue weighted by Gasteiger charge is -2.08. The SMILES string of the molecule is N#Cc1cnc2c(Br)cc(Cl)cc2c1NN.